The van der Waals surface area contributed by atoms with Gasteiger partial charge in [0.2, 0.25) is 5.91 Å². The molecule has 0 radical (unpaired) electrons. The summed E-state index contributed by atoms with van der Waals surface area (Å²) in [4.78, 5) is 21.6. The third kappa shape index (κ3) is 3.63. The topological polar surface area (TPSA) is 54.9 Å². The van der Waals surface area contributed by atoms with Crippen LogP contribution in [0.1, 0.15) is 6.92 Å². The van der Waals surface area contributed by atoms with Crippen LogP contribution in [0.2, 0.25) is 5.02 Å². The number of amides is 1. The number of hydrogen-bond acceptors (Lipinski definition) is 5. The van der Waals surface area contributed by atoms with E-state index in [1.807, 2.05) is 11.4 Å². The van der Waals surface area contributed by atoms with Crippen molar-refractivity contribution in [2.45, 2.75) is 17.2 Å². The first kappa shape index (κ1) is 16.2. The van der Waals surface area contributed by atoms with E-state index in [-0.39, 0.29) is 10.9 Å². The Morgan fingerprint density at radius 1 is 1.39 bits per heavy atom. The molecule has 0 spiro atoms. The highest BCUT2D eigenvalue weighted by Crippen LogP contribution is 2.31. The van der Waals surface area contributed by atoms with Gasteiger partial charge in [0.05, 0.1) is 16.0 Å². The predicted molar refractivity (Wildman–Crippen MR) is 92.8 cm³/mol. The van der Waals surface area contributed by atoms with Crippen LogP contribution in [0, 0.1) is 5.82 Å². The molecule has 1 aromatic carbocycles. The molecule has 1 N–H and O–H groups in total. The van der Waals surface area contributed by atoms with E-state index < -0.39 is 11.1 Å². The molecule has 4 nitrogen and oxygen atoms in total. The monoisotopic (exact) mass is 367 g/mol. The largest absolute Gasteiger partial charge is 0.324 e. The van der Waals surface area contributed by atoms with Crippen molar-refractivity contribution in [3.05, 3.63) is 46.8 Å². The molecule has 0 bridgehead atoms. The minimum Gasteiger partial charge on any atom is -0.324 e. The van der Waals surface area contributed by atoms with Gasteiger partial charge >= 0.3 is 0 Å². The molecule has 1 atom stereocenters. The zero-order valence-electron chi connectivity index (χ0n) is 11.9. The molecule has 0 aliphatic carbocycles. The first-order valence-corrected chi connectivity index (χ1v) is 8.79. The van der Waals surface area contributed by atoms with E-state index in [1.54, 1.807) is 6.92 Å². The Hall–Kier alpha value is -1.70. The van der Waals surface area contributed by atoms with Crippen molar-refractivity contribution in [3.63, 3.8) is 0 Å². The van der Waals surface area contributed by atoms with Gasteiger partial charge in [-0.15, -0.1) is 11.3 Å². The molecule has 2 heterocycles. The van der Waals surface area contributed by atoms with Crippen LogP contribution in [0.15, 0.2) is 41.0 Å². The SMILES string of the molecule is C[C@H](Sc1ncnc2sccc12)C(=O)Nc1ccc(F)cc1Cl. The summed E-state index contributed by atoms with van der Waals surface area (Å²) in [7, 11) is 0. The average molecular weight is 368 g/mol. The molecular formula is C15H11ClFN3OS2. The van der Waals surface area contributed by atoms with Crippen molar-refractivity contribution in [2.75, 3.05) is 5.32 Å². The van der Waals surface area contributed by atoms with Crippen LogP contribution in [0.5, 0.6) is 0 Å². The van der Waals surface area contributed by atoms with Gasteiger partial charge in [-0.05, 0) is 36.6 Å². The lowest BCUT2D eigenvalue weighted by Crippen LogP contribution is -2.22. The molecule has 0 aliphatic heterocycles. The number of anilines is 1. The van der Waals surface area contributed by atoms with Gasteiger partial charge in [0.15, 0.2) is 0 Å². The van der Waals surface area contributed by atoms with Crippen LogP contribution in [0.25, 0.3) is 10.2 Å². The van der Waals surface area contributed by atoms with Gasteiger partial charge < -0.3 is 5.32 Å². The van der Waals surface area contributed by atoms with Crippen molar-refractivity contribution in [2.24, 2.45) is 0 Å². The number of carbonyl (C=O) groups is 1. The molecule has 8 heteroatoms. The molecule has 3 rings (SSSR count). The van der Waals surface area contributed by atoms with Gasteiger partial charge in [0.25, 0.3) is 0 Å². The Bertz CT molecular complexity index is 871. The maximum Gasteiger partial charge on any atom is 0.237 e. The van der Waals surface area contributed by atoms with Gasteiger partial charge in [-0.1, -0.05) is 23.4 Å². The lowest BCUT2D eigenvalue weighted by atomic mass is 10.3. The molecule has 1 amide bonds. The minimum absolute atomic E-state index is 0.165. The van der Waals surface area contributed by atoms with Crippen LogP contribution in [-0.4, -0.2) is 21.1 Å². The Kier molecular flexibility index (Phi) is 4.79. The summed E-state index contributed by atoms with van der Waals surface area (Å²) in [6.07, 6.45) is 1.49. The van der Waals surface area contributed by atoms with Gasteiger partial charge in [0, 0.05) is 5.39 Å². The van der Waals surface area contributed by atoms with Crippen molar-refractivity contribution in [3.8, 4) is 0 Å². The zero-order valence-corrected chi connectivity index (χ0v) is 14.3. The van der Waals surface area contributed by atoms with E-state index in [0.29, 0.717) is 5.69 Å². The summed E-state index contributed by atoms with van der Waals surface area (Å²) in [6, 6.07) is 5.78. The molecule has 0 unspecified atom stereocenters. The fourth-order valence-corrected chi connectivity index (χ4v) is 3.82. The second-order valence-electron chi connectivity index (χ2n) is 4.69. The van der Waals surface area contributed by atoms with Crippen LogP contribution < -0.4 is 5.32 Å². The smallest absolute Gasteiger partial charge is 0.237 e. The number of thiophene rings is 1. The predicted octanol–water partition coefficient (Wildman–Crippen LogP) is 4.60. The Morgan fingerprint density at radius 2 is 2.22 bits per heavy atom. The highest BCUT2D eigenvalue weighted by molar-refractivity contribution is 8.00. The average Bonchev–Trinajstić information content (AvgIpc) is 2.99. The van der Waals surface area contributed by atoms with Gasteiger partial charge in [0.1, 0.15) is 22.0 Å². The summed E-state index contributed by atoms with van der Waals surface area (Å²) in [5, 5.41) is 6.09. The molecule has 0 fully saturated rings. The fourth-order valence-electron chi connectivity index (χ4n) is 1.91. The number of benzene rings is 1. The second-order valence-corrected chi connectivity index (χ2v) is 7.32. The van der Waals surface area contributed by atoms with E-state index >= 15 is 0 Å². The Morgan fingerprint density at radius 3 is 3.00 bits per heavy atom. The highest BCUT2D eigenvalue weighted by atomic mass is 35.5. The first-order chi connectivity index (χ1) is 11.0. The van der Waals surface area contributed by atoms with Crippen LogP contribution >= 0.6 is 34.7 Å². The van der Waals surface area contributed by atoms with Crippen LogP contribution in [0.4, 0.5) is 10.1 Å². The lowest BCUT2D eigenvalue weighted by molar-refractivity contribution is -0.115. The molecule has 0 aliphatic rings. The Balaban J connectivity index is 1.74. The maximum absolute atomic E-state index is 13.0. The Labute approximate surface area is 145 Å². The zero-order chi connectivity index (χ0) is 16.4. The highest BCUT2D eigenvalue weighted by Gasteiger charge is 2.18. The minimum atomic E-state index is -0.448. The van der Waals surface area contributed by atoms with Crippen LogP contribution in [-0.2, 0) is 4.79 Å². The van der Waals surface area contributed by atoms with Crippen molar-refractivity contribution < 1.29 is 9.18 Å². The number of nitrogens with zero attached hydrogens (tertiary/aromatic N) is 2. The number of rotatable bonds is 4. The third-order valence-electron chi connectivity index (χ3n) is 3.07. The van der Waals surface area contributed by atoms with E-state index in [0.717, 1.165) is 21.3 Å². The number of aromatic nitrogens is 2. The number of fused-ring (bicyclic) bond motifs is 1. The van der Waals surface area contributed by atoms with Crippen molar-refractivity contribution in [1.82, 2.24) is 9.97 Å². The maximum atomic E-state index is 13.0. The molecule has 118 valence electrons. The fraction of sp³-hybridized carbons (Fsp3) is 0.133. The first-order valence-electron chi connectivity index (χ1n) is 6.65. The summed E-state index contributed by atoms with van der Waals surface area (Å²) in [5.74, 6) is -0.679. The number of halogens is 2. The molecule has 23 heavy (non-hydrogen) atoms. The molecule has 2 aromatic heterocycles. The van der Waals surface area contributed by atoms with E-state index in [2.05, 4.69) is 15.3 Å². The van der Waals surface area contributed by atoms with Gasteiger partial charge in [-0.3, -0.25) is 4.79 Å². The standard InChI is InChI=1S/C15H11ClFN3OS2/c1-8(13(21)20-12-3-2-9(17)6-11(12)16)23-15-10-4-5-22-14(10)18-7-19-15/h2-8H,1H3,(H,20,21)/t8-/m0/s1. The van der Waals surface area contributed by atoms with Crippen molar-refractivity contribution >= 4 is 56.5 Å². The molecule has 0 saturated carbocycles. The number of thioether (sulfide) groups is 1. The van der Waals surface area contributed by atoms with E-state index in [1.165, 1.54) is 41.6 Å². The second kappa shape index (κ2) is 6.82. The quantitative estimate of drug-likeness (QED) is 0.540. The van der Waals surface area contributed by atoms with Gasteiger partial charge in [-0.2, -0.15) is 0 Å². The lowest BCUT2D eigenvalue weighted by Gasteiger charge is -2.12. The molecular weight excluding hydrogens is 357 g/mol. The number of carbonyl (C=O) groups excluding carboxylic acids is 1. The summed E-state index contributed by atoms with van der Waals surface area (Å²) in [6.45, 7) is 1.78. The molecule has 3 aromatic rings. The summed E-state index contributed by atoms with van der Waals surface area (Å²) < 4.78 is 13.0. The third-order valence-corrected chi connectivity index (χ3v) is 5.32. The number of hydrogen-bond donors (Lipinski definition) is 1. The molecule has 0 saturated heterocycles. The van der Waals surface area contributed by atoms with E-state index in [9.17, 15) is 9.18 Å². The summed E-state index contributed by atoms with van der Waals surface area (Å²) >= 11 is 8.79. The normalized spacial score (nSPS) is 12.3. The van der Waals surface area contributed by atoms with Crippen molar-refractivity contribution in [1.29, 1.82) is 0 Å². The van der Waals surface area contributed by atoms with Gasteiger partial charge in [-0.25, -0.2) is 14.4 Å². The summed E-state index contributed by atoms with van der Waals surface area (Å²) in [5.41, 5.74) is 0.383. The van der Waals surface area contributed by atoms with Crippen LogP contribution in [0.3, 0.4) is 0 Å². The number of nitrogens with one attached hydrogen (secondary N) is 1. The van der Waals surface area contributed by atoms with E-state index in [4.69, 9.17) is 11.6 Å².